The zero-order valence-corrected chi connectivity index (χ0v) is 9.21. The number of benzene rings is 1. The van der Waals surface area contributed by atoms with Crippen LogP contribution in [-0.4, -0.2) is 17.6 Å². The van der Waals surface area contributed by atoms with Crippen LogP contribution < -0.4 is 5.32 Å². The SMILES string of the molecule is Cc1ccc(NCCCC(=O)O)c(C)c1. The Morgan fingerprint density at radius 3 is 2.73 bits per heavy atom. The molecule has 0 aliphatic heterocycles. The van der Waals surface area contributed by atoms with Gasteiger partial charge < -0.3 is 10.4 Å². The van der Waals surface area contributed by atoms with E-state index in [1.54, 1.807) is 0 Å². The smallest absolute Gasteiger partial charge is 0.303 e. The van der Waals surface area contributed by atoms with Crippen LogP contribution in [0.4, 0.5) is 5.69 Å². The topological polar surface area (TPSA) is 49.3 Å². The highest BCUT2D eigenvalue weighted by Gasteiger charge is 1.99. The molecule has 0 aliphatic carbocycles. The molecule has 0 aromatic heterocycles. The molecule has 15 heavy (non-hydrogen) atoms. The van der Waals surface area contributed by atoms with Gasteiger partial charge in [-0.25, -0.2) is 0 Å². The van der Waals surface area contributed by atoms with E-state index in [1.165, 1.54) is 11.1 Å². The molecule has 1 aromatic carbocycles. The Hall–Kier alpha value is -1.51. The lowest BCUT2D eigenvalue weighted by Crippen LogP contribution is -2.05. The van der Waals surface area contributed by atoms with E-state index in [2.05, 4.69) is 18.3 Å². The van der Waals surface area contributed by atoms with Gasteiger partial charge in [0.15, 0.2) is 0 Å². The molecule has 2 N–H and O–H groups in total. The minimum Gasteiger partial charge on any atom is -0.481 e. The number of carboxylic acid groups (broad SMARTS) is 1. The van der Waals surface area contributed by atoms with Crippen molar-refractivity contribution >= 4 is 11.7 Å². The third kappa shape index (κ3) is 4.02. The van der Waals surface area contributed by atoms with Gasteiger partial charge in [-0.3, -0.25) is 4.79 Å². The molecular weight excluding hydrogens is 190 g/mol. The number of rotatable bonds is 5. The number of aliphatic carboxylic acids is 1. The molecule has 0 aliphatic rings. The Morgan fingerprint density at radius 1 is 1.40 bits per heavy atom. The fourth-order valence-corrected chi connectivity index (χ4v) is 1.47. The van der Waals surface area contributed by atoms with Gasteiger partial charge in [-0.1, -0.05) is 17.7 Å². The quantitative estimate of drug-likeness (QED) is 0.729. The maximum absolute atomic E-state index is 10.3. The molecule has 0 unspecified atom stereocenters. The molecule has 82 valence electrons. The number of hydrogen-bond acceptors (Lipinski definition) is 2. The summed E-state index contributed by atoms with van der Waals surface area (Å²) in [5.74, 6) is -0.738. The van der Waals surface area contributed by atoms with Crippen molar-refractivity contribution in [2.75, 3.05) is 11.9 Å². The molecule has 0 heterocycles. The Bertz CT molecular complexity index is 347. The zero-order valence-electron chi connectivity index (χ0n) is 9.21. The van der Waals surface area contributed by atoms with Gasteiger partial charge in [0.05, 0.1) is 0 Å². The maximum atomic E-state index is 10.3. The van der Waals surface area contributed by atoms with Crippen molar-refractivity contribution in [2.24, 2.45) is 0 Å². The largest absolute Gasteiger partial charge is 0.481 e. The average Bonchev–Trinajstić information content (AvgIpc) is 2.14. The molecule has 0 radical (unpaired) electrons. The van der Waals surface area contributed by atoms with Crippen LogP contribution in [0.2, 0.25) is 0 Å². The molecule has 3 heteroatoms. The summed E-state index contributed by atoms with van der Waals surface area (Å²) in [6.45, 7) is 4.81. The van der Waals surface area contributed by atoms with Crippen LogP contribution in [0, 0.1) is 13.8 Å². The van der Waals surface area contributed by atoms with E-state index in [1.807, 2.05) is 19.1 Å². The number of aryl methyl sites for hydroxylation is 2. The van der Waals surface area contributed by atoms with Crippen molar-refractivity contribution in [3.05, 3.63) is 29.3 Å². The van der Waals surface area contributed by atoms with Crippen molar-refractivity contribution in [3.8, 4) is 0 Å². The molecule has 0 fully saturated rings. The van der Waals surface area contributed by atoms with E-state index >= 15 is 0 Å². The zero-order chi connectivity index (χ0) is 11.3. The summed E-state index contributed by atoms with van der Waals surface area (Å²) in [5.41, 5.74) is 3.53. The number of carboxylic acids is 1. The first-order valence-electron chi connectivity index (χ1n) is 5.12. The number of hydrogen-bond donors (Lipinski definition) is 2. The Balaban J connectivity index is 2.40. The Labute approximate surface area is 90.1 Å². The molecule has 0 spiro atoms. The summed E-state index contributed by atoms with van der Waals surface area (Å²) >= 11 is 0. The van der Waals surface area contributed by atoms with Crippen molar-refractivity contribution in [2.45, 2.75) is 26.7 Å². The van der Waals surface area contributed by atoms with Crippen LogP contribution in [0.3, 0.4) is 0 Å². The first-order valence-corrected chi connectivity index (χ1v) is 5.12. The van der Waals surface area contributed by atoms with Crippen LogP contribution in [0.25, 0.3) is 0 Å². The predicted octanol–water partition coefficient (Wildman–Crippen LogP) is 2.58. The second-order valence-electron chi connectivity index (χ2n) is 3.74. The summed E-state index contributed by atoms with van der Waals surface area (Å²) in [5, 5.41) is 11.7. The van der Waals surface area contributed by atoms with Crippen molar-refractivity contribution in [1.29, 1.82) is 0 Å². The van der Waals surface area contributed by atoms with Crippen molar-refractivity contribution < 1.29 is 9.90 Å². The molecule has 1 rings (SSSR count). The average molecular weight is 207 g/mol. The van der Waals surface area contributed by atoms with Crippen LogP contribution in [-0.2, 0) is 4.79 Å². The Kier molecular flexibility index (Phi) is 4.16. The van der Waals surface area contributed by atoms with Crippen LogP contribution >= 0.6 is 0 Å². The van der Waals surface area contributed by atoms with Crippen LogP contribution in [0.1, 0.15) is 24.0 Å². The predicted molar refractivity (Wildman–Crippen MR) is 61.3 cm³/mol. The van der Waals surface area contributed by atoms with Gasteiger partial charge in [0.2, 0.25) is 0 Å². The summed E-state index contributed by atoms with van der Waals surface area (Å²) in [6.07, 6.45) is 0.876. The van der Waals surface area contributed by atoms with Gasteiger partial charge in [-0.2, -0.15) is 0 Å². The van der Waals surface area contributed by atoms with E-state index in [-0.39, 0.29) is 6.42 Å². The molecule has 0 bridgehead atoms. The third-order valence-electron chi connectivity index (χ3n) is 2.26. The number of nitrogens with one attached hydrogen (secondary N) is 1. The minimum atomic E-state index is -0.738. The van der Waals surface area contributed by atoms with Gasteiger partial charge >= 0.3 is 5.97 Å². The van der Waals surface area contributed by atoms with E-state index in [4.69, 9.17) is 5.11 Å². The minimum absolute atomic E-state index is 0.220. The first kappa shape index (κ1) is 11.6. The van der Waals surface area contributed by atoms with E-state index in [0.29, 0.717) is 13.0 Å². The maximum Gasteiger partial charge on any atom is 0.303 e. The summed E-state index contributed by atoms with van der Waals surface area (Å²) in [4.78, 5) is 10.3. The highest BCUT2D eigenvalue weighted by Crippen LogP contribution is 2.15. The van der Waals surface area contributed by atoms with Gasteiger partial charge in [-0.05, 0) is 31.9 Å². The van der Waals surface area contributed by atoms with E-state index in [9.17, 15) is 4.79 Å². The normalized spacial score (nSPS) is 10.0. The summed E-state index contributed by atoms with van der Waals surface area (Å²) < 4.78 is 0. The highest BCUT2D eigenvalue weighted by molar-refractivity contribution is 5.66. The van der Waals surface area contributed by atoms with Gasteiger partial charge in [0.25, 0.3) is 0 Å². The fourth-order valence-electron chi connectivity index (χ4n) is 1.47. The lowest BCUT2D eigenvalue weighted by Gasteiger charge is -2.09. The highest BCUT2D eigenvalue weighted by atomic mass is 16.4. The second kappa shape index (κ2) is 5.39. The molecular formula is C12H17NO2. The lowest BCUT2D eigenvalue weighted by atomic mass is 10.1. The van der Waals surface area contributed by atoms with E-state index in [0.717, 1.165) is 5.69 Å². The molecule has 0 amide bonds. The van der Waals surface area contributed by atoms with E-state index < -0.39 is 5.97 Å². The van der Waals surface area contributed by atoms with Crippen molar-refractivity contribution in [1.82, 2.24) is 0 Å². The van der Waals surface area contributed by atoms with Gasteiger partial charge in [0, 0.05) is 18.7 Å². The molecule has 0 saturated carbocycles. The third-order valence-corrected chi connectivity index (χ3v) is 2.26. The fraction of sp³-hybridized carbons (Fsp3) is 0.417. The lowest BCUT2D eigenvalue weighted by molar-refractivity contribution is -0.137. The summed E-state index contributed by atoms with van der Waals surface area (Å²) in [6, 6.07) is 6.19. The molecule has 0 saturated heterocycles. The second-order valence-corrected chi connectivity index (χ2v) is 3.74. The molecule has 1 aromatic rings. The van der Waals surface area contributed by atoms with Crippen molar-refractivity contribution in [3.63, 3.8) is 0 Å². The molecule has 3 nitrogen and oxygen atoms in total. The van der Waals surface area contributed by atoms with Gasteiger partial charge in [-0.15, -0.1) is 0 Å². The monoisotopic (exact) mass is 207 g/mol. The van der Waals surface area contributed by atoms with Gasteiger partial charge in [0.1, 0.15) is 0 Å². The summed E-state index contributed by atoms with van der Waals surface area (Å²) in [7, 11) is 0. The number of anilines is 1. The molecule has 0 atom stereocenters. The standard InChI is InChI=1S/C12H17NO2/c1-9-5-6-11(10(2)8-9)13-7-3-4-12(14)15/h5-6,8,13H,3-4,7H2,1-2H3,(H,14,15). The first-order chi connectivity index (χ1) is 7.09. The van der Waals surface area contributed by atoms with Crippen LogP contribution in [0.5, 0.6) is 0 Å². The Morgan fingerprint density at radius 2 is 2.13 bits per heavy atom. The van der Waals surface area contributed by atoms with Crippen LogP contribution in [0.15, 0.2) is 18.2 Å². The number of carbonyl (C=O) groups is 1.